The molecule has 5 nitrogen and oxygen atoms in total. The normalized spacial score (nSPS) is 8.36. The van der Waals surface area contributed by atoms with Gasteiger partial charge in [0.2, 0.25) is 0 Å². The molecule has 0 aliphatic heterocycles. The Balaban J connectivity index is -0.000000168. The zero-order chi connectivity index (χ0) is 12.2. The number of aliphatic carboxylic acids is 1. The Kier molecular flexibility index (Phi) is 15.7. The van der Waals surface area contributed by atoms with E-state index in [0.29, 0.717) is 0 Å². The predicted octanol–water partition coefficient (Wildman–Crippen LogP) is 0.376. The van der Waals surface area contributed by atoms with Crippen molar-refractivity contribution in [2.24, 2.45) is 17.2 Å². The van der Waals surface area contributed by atoms with E-state index in [1.54, 1.807) is 12.2 Å². The molecule has 0 spiro atoms. The SMILES string of the molecule is C=CC.C=CC.NC(N)(N)CC(=O)O. The predicted molar refractivity (Wildman–Crippen MR) is 59.3 cm³/mol. The molecule has 7 N–H and O–H groups in total. The minimum Gasteiger partial charge on any atom is -0.481 e. The van der Waals surface area contributed by atoms with Crippen LogP contribution in [0, 0.1) is 0 Å². The molecule has 0 atom stereocenters. The van der Waals surface area contributed by atoms with Gasteiger partial charge in [0.15, 0.2) is 0 Å². The fraction of sp³-hybridized carbons (Fsp3) is 0.444. The number of allylic oxidation sites excluding steroid dienone is 2. The number of carboxylic acids is 1. The lowest BCUT2D eigenvalue weighted by Gasteiger charge is -2.13. The van der Waals surface area contributed by atoms with Gasteiger partial charge in [-0.1, -0.05) is 12.2 Å². The minimum atomic E-state index is -1.58. The van der Waals surface area contributed by atoms with Crippen molar-refractivity contribution in [1.82, 2.24) is 0 Å². The van der Waals surface area contributed by atoms with Crippen molar-refractivity contribution in [2.75, 3.05) is 0 Å². The van der Waals surface area contributed by atoms with E-state index in [2.05, 4.69) is 13.2 Å². The highest BCUT2D eigenvalue weighted by molar-refractivity contribution is 5.67. The zero-order valence-corrected chi connectivity index (χ0v) is 8.86. The van der Waals surface area contributed by atoms with E-state index in [-0.39, 0.29) is 0 Å². The highest BCUT2D eigenvalue weighted by Crippen LogP contribution is 1.85. The van der Waals surface area contributed by atoms with Gasteiger partial charge in [0.1, 0.15) is 5.79 Å². The molecule has 0 aromatic rings. The maximum atomic E-state index is 9.77. The topological polar surface area (TPSA) is 115 Å². The first kappa shape index (κ1) is 18.6. The van der Waals surface area contributed by atoms with Crippen LogP contribution in [0.2, 0.25) is 0 Å². The molecule has 0 aliphatic carbocycles. The minimum absolute atomic E-state index is 0.424. The highest BCUT2D eigenvalue weighted by atomic mass is 16.4. The van der Waals surface area contributed by atoms with Crippen LogP contribution in [0.15, 0.2) is 25.3 Å². The van der Waals surface area contributed by atoms with Gasteiger partial charge in [-0.2, -0.15) is 0 Å². The van der Waals surface area contributed by atoms with Crippen LogP contribution >= 0.6 is 0 Å². The van der Waals surface area contributed by atoms with Crippen molar-refractivity contribution in [3.05, 3.63) is 25.3 Å². The Morgan fingerprint density at radius 3 is 1.50 bits per heavy atom. The number of carbonyl (C=O) groups is 1. The number of hydrogen-bond donors (Lipinski definition) is 4. The van der Waals surface area contributed by atoms with Crippen molar-refractivity contribution in [3.63, 3.8) is 0 Å². The fourth-order valence-corrected chi connectivity index (χ4v) is 0.262. The third kappa shape index (κ3) is 71.3. The summed E-state index contributed by atoms with van der Waals surface area (Å²) in [4.78, 5) is 9.77. The summed E-state index contributed by atoms with van der Waals surface area (Å²) in [5.74, 6) is -2.68. The molecule has 0 radical (unpaired) electrons. The Hall–Kier alpha value is -1.17. The van der Waals surface area contributed by atoms with Gasteiger partial charge in [-0.25, -0.2) is 0 Å². The van der Waals surface area contributed by atoms with Crippen molar-refractivity contribution in [2.45, 2.75) is 26.1 Å². The first-order valence-electron chi connectivity index (χ1n) is 3.97. The van der Waals surface area contributed by atoms with Crippen LogP contribution in [0.1, 0.15) is 20.3 Å². The Labute approximate surface area is 85.3 Å². The summed E-state index contributed by atoms with van der Waals surface area (Å²) in [6.45, 7) is 10.5. The molecule has 0 aromatic carbocycles. The summed E-state index contributed by atoms with van der Waals surface area (Å²) >= 11 is 0. The second-order valence-corrected chi connectivity index (χ2v) is 2.50. The molecule has 0 rings (SSSR count). The van der Waals surface area contributed by atoms with Gasteiger partial charge in [0, 0.05) is 0 Å². The Bertz CT molecular complexity index is 156. The molecule has 5 heteroatoms. The van der Waals surface area contributed by atoms with E-state index < -0.39 is 18.2 Å². The number of hydrogen-bond acceptors (Lipinski definition) is 4. The molecular weight excluding hydrogens is 182 g/mol. The number of nitrogens with two attached hydrogens (primary N) is 3. The maximum Gasteiger partial charge on any atom is 0.308 e. The average Bonchev–Trinajstić information content (AvgIpc) is 1.83. The smallest absolute Gasteiger partial charge is 0.308 e. The van der Waals surface area contributed by atoms with Crippen molar-refractivity contribution >= 4 is 5.97 Å². The van der Waals surface area contributed by atoms with Gasteiger partial charge in [-0.05, 0) is 13.8 Å². The third-order valence-corrected chi connectivity index (χ3v) is 0.457. The molecule has 0 fully saturated rings. The van der Waals surface area contributed by atoms with Crippen molar-refractivity contribution in [3.8, 4) is 0 Å². The van der Waals surface area contributed by atoms with Crippen molar-refractivity contribution < 1.29 is 9.90 Å². The lowest BCUT2D eigenvalue weighted by Crippen LogP contribution is -2.59. The van der Waals surface area contributed by atoms with E-state index in [0.717, 1.165) is 0 Å². The zero-order valence-electron chi connectivity index (χ0n) is 8.86. The molecule has 0 bridgehead atoms. The van der Waals surface area contributed by atoms with Crippen LogP contribution in [0.3, 0.4) is 0 Å². The second-order valence-electron chi connectivity index (χ2n) is 2.50. The van der Waals surface area contributed by atoms with Crippen LogP contribution in [0.4, 0.5) is 0 Å². The average molecular weight is 203 g/mol. The summed E-state index contributed by atoms with van der Waals surface area (Å²) in [6, 6.07) is 0. The van der Waals surface area contributed by atoms with Gasteiger partial charge in [0.05, 0.1) is 6.42 Å². The Morgan fingerprint density at radius 1 is 1.29 bits per heavy atom. The number of carboxylic acid groups (broad SMARTS) is 1. The van der Waals surface area contributed by atoms with Gasteiger partial charge < -0.3 is 22.3 Å². The van der Waals surface area contributed by atoms with Crippen LogP contribution in [0.25, 0.3) is 0 Å². The summed E-state index contributed by atoms with van der Waals surface area (Å²) in [6.07, 6.45) is 3.08. The summed E-state index contributed by atoms with van der Waals surface area (Å²) in [5, 5.41) is 8.01. The summed E-state index contributed by atoms with van der Waals surface area (Å²) < 4.78 is 0. The third-order valence-electron chi connectivity index (χ3n) is 0.457. The van der Waals surface area contributed by atoms with Gasteiger partial charge in [0.25, 0.3) is 0 Å². The summed E-state index contributed by atoms with van der Waals surface area (Å²) in [7, 11) is 0. The second kappa shape index (κ2) is 11.8. The van der Waals surface area contributed by atoms with Crippen LogP contribution in [-0.4, -0.2) is 16.9 Å². The molecule has 0 aromatic heterocycles. The van der Waals surface area contributed by atoms with E-state index >= 15 is 0 Å². The van der Waals surface area contributed by atoms with E-state index in [4.69, 9.17) is 22.3 Å². The van der Waals surface area contributed by atoms with Crippen molar-refractivity contribution in [1.29, 1.82) is 0 Å². The monoisotopic (exact) mass is 203 g/mol. The van der Waals surface area contributed by atoms with Crippen LogP contribution in [0.5, 0.6) is 0 Å². The van der Waals surface area contributed by atoms with Gasteiger partial charge in [-0.15, -0.1) is 13.2 Å². The van der Waals surface area contributed by atoms with Gasteiger partial charge in [-0.3, -0.25) is 4.79 Å². The van der Waals surface area contributed by atoms with Crippen LogP contribution in [-0.2, 0) is 4.79 Å². The first-order valence-corrected chi connectivity index (χ1v) is 3.97. The molecule has 0 saturated carbocycles. The molecule has 14 heavy (non-hydrogen) atoms. The highest BCUT2D eigenvalue weighted by Gasteiger charge is 2.15. The quantitative estimate of drug-likeness (QED) is 0.382. The van der Waals surface area contributed by atoms with E-state index in [9.17, 15) is 4.79 Å². The van der Waals surface area contributed by atoms with E-state index in [1.807, 2.05) is 13.8 Å². The molecule has 0 heterocycles. The van der Waals surface area contributed by atoms with Crippen LogP contribution < -0.4 is 17.2 Å². The largest absolute Gasteiger partial charge is 0.481 e. The first-order chi connectivity index (χ1) is 6.24. The fourth-order valence-electron chi connectivity index (χ4n) is 0.262. The Morgan fingerprint density at radius 2 is 1.50 bits per heavy atom. The lowest BCUT2D eigenvalue weighted by atomic mass is 10.3. The summed E-state index contributed by atoms with van der Waals surface area (Å²) in [5.41, 5.74) is 14.7. The molecule has 0 amide bonds. The molecule has 0 unspecified atom stereocenters. The maximum absolute atomic E-state index is 9.77. The molecule has 0 saturated heterocycles. The molecule has 0 aliphatic rings. The molecule has 84 valence electrons. The lowest BCUT2D eigenvalue weighted by molar-refractivity contribution is -0.138. The number of rotatable bonds is 2. The standard InChI is InChI=1S/C3H9N3O2.2C3H6/c4-3(5,6)1-2(7)8;2*1-3-2/h1,4-6H2,(H,7,8);2*3H,1H2,2H3. The molecular formula is C9H21N3O2. The van der Waals surface area contributed by atoms with E-state index in [1.165, 1.54) is 0 Å². The van der Waals surface area contributed by atoms with Gasteiger partial charge >= 0.3 is 5.97 Å².